The number of hydrogen-bond donors (Lipinski definition) is 1. The molecule has 2 rings (SSSR count). The molecule has 1 aromatic rings. The first-order chi connectivity index (χ1) is 9.01. The van der Waals surface area contributed by atoms with Crippen LogP contribution >= 0.6 is 0 Å². The standard InChI is InChI=1S/C17H28N2/c1-12-6-7-16(13(2)8-12)17(18-5)11-19-9-14(3)15(4)10-19/h6-8,14-15,17-18H,9-11H2,1-5H3. The Hall–Kier alpha value is -0.860. The quantitative estimate of drug-likeness (QED) is 0.894. The molecule has 0 saturated carbocycles. The summed E-state index contributed by atoms with van der Waals surface area (Å²) in [5.41, 5.74) is 4.19. The molecule has 1 aromatic carbocycles. The smallest absolute Gasteiger partial charge is 0.0449 e. The van der Waals surface area contributed by atoms with Gasteiger partial charge in [-0.1, -0.05) is 37.6 Å². The van der Waals surface area contributed by atoms with E-state index < -0.39 is 0 Å². The molecule has 3 unspecified atom stereocenters. The van der Waals surface area contributed by atoms with Crippen LogP contribution in [0, 0.1) is 25.7 Å². The lowest BCUT2D eigenvalue weighted by Crippen LogP contribution is -2.33. The highest BCUT2D eigenvalue weighted by Crippen LogP contribution is 2.26. The molecule has 0 amide bonds. The van der Waals surface area contributed by atoms with E-state index in [0.717, 1.165) is 18.4 Å². The maximum Gasteiger partial charge on any atom is 0.0449 e. The number of rotatable bonds is 4. The van der Waals surface area contributed by atoms with Gasteiger partial charge in [0.15, 0.2) is 0 Å². The average molecular weight is 260 g/mol. The van der Waals surface area contributed by atoms with Gasteiger partial charge < -0.3 is 10.2 Å². The van der Waals surface area contributed by atoms with E-state index in [1.807, 2.05) is 0 Å². The van der Waals surface area contributed by atoms with Gasteiger partial charge in [0.1, 0.15) is 0 Å². The van der Waals surface area contributed by atoms with Crippen molar-refractivity contribution in [1.82, 2.24) is 10.2 Å². The van der Waals surface area contributed by atoms with Gasteiger partial charge in [0.2, 0.25) is 0 Å². The SMILES string of the molecule is CNC(CN1CC(C)C(C)C1)c1ccc(C)cc1C. The van der Waals surface area contributed by atoms with Crippen molar-refractivity contribution >= 4 is 0 Å². The van der Waals surface area contributed by atoms with Crippen LogP contribution in [0.15, 0.2) is 18.2 Å². The Balaban J connectivity index is 2.08. The highest BCUT2D eigenvalue weighted by Gasteiger charge is 2.27. The number of nitrogens with zero attached hydrogens (tertiary/aromatic N) is 1. The van der Waals surface area contributed by atoms with Crippen LogP contribution in [0.3, 0.4) is 0 Å². The molecule has 0 aromatic heterocycles. The fraction of sp³-hybridized carbons (Fsp3) is 0.647. The first-order valence-electron chi connectivity index (χ1n) is 7.48. The van der Waals surface area contributed by atoms with Crippen molar-refractivity contribution in [2.75, 3.05) is 26.7 Å². The van der Waals surface area contributed by atoms with Crippen LogP contribution in [0.25, 0.3) is 0 Å². The molecule has 3 atom stereocenters. The van der Waals surface area contributed by atoms with Crippen LogP contribution in [0.2, 0.25) is 0 Å². The first kappa shape index (κ1) is 14.5. The lowest BCUT2D eigenvalue weighted by Gasteiger charge is -2.25. The largest absolute Gasteiger partial charge is 0.312 e. The van der Waals surface area contributed by atoms with Crippen LogP contribution in [0.4, 0.5) is 0 Å². The van der Waals surface area contributed by atoms with Crippen molar-refractivity contribution in [2.45, 2.75) is 33.7 Å². The van der Waals surface area contributed by atoms with E-state index in [-0.39, 0.29) is 0 Å². The average Bonchev–Trinajstić information content (AvgIpc) is 2.66. The first-order valence-corrected chi connectivity index (χ1v) is 7.48. The zero-order valence-electron chi connectivity index (χ0n) is 13.0. The van der Waals surface area contributed by atoms with E-state index in [1.54, 1.807) is 0 Å². The van der Waals surface area contributed by atoms with E-state index >= 15 is 0 Å². The van der Waals surface area contributed by atoms with Crippen molar-refractivity contribution in [2.24, 2.45) is 11.8 Å². The molecule has 1 heterocycles. The minimum absolute atomic E-state index is 0.443. The van der Waals surface area contributed by atoms with Gasteiger partial charge in [-0.05, 0) is 43.9 Å². The normalized spacial score (nSPS) is 25.7. The second-order valence-electron chi connectivity index (χ2n) is 6.37. The summed E-state index contributed by atoms with van der Waals surface area (Å²) in [6.07, 6.45) is 0. The van der Waals surface area contributed by atoms with E-state index in [1.165, 1.54) is 29.8 Å². The Bertz CT molecular complexity index is 417. The number of nitrogens with one attached hydrogen (secondary N) is 1. The number of hydrogen-bond acceptors (Lipinski definition) is 2. The van der Waals surface area contributed by atoms with Crippen molar-refractivity contribution in [3.05, 3.63) is 34.9 Å². The van der Waals surface area contributed by atoms with Gasteiger partial charge in [-0.15, -0.1) is 0 Å². The number of likely N-dealkylation sites (N-methyl/N-ethyl adjacent to an activating group) is 1. The monoisotopic (exact) mass is 260 g/mol. The molecule has 0 radical (unpaired) electrons. The highest BCUT2D eigenvalue weighted by atomic mass is 15.2. The van der Waals surface area contributed by atoms with Crippen LogP contribution < -0.4 is 5.32 Å². The molecule has 1 fully saturated rings. The Morgan fingerprint density at radius 1 is 1.21 bits per heavy atom. The minimum Gasteiger partial charge on any atom is -0.312 e. The summed E-state index contributed by atoms with van der Waals surface area (Å²) >= 11 is 0. The molecule has 0 aliphatic carbocycles. The summed E-state index contributed by atoms with van der Waals surface area (Å²) in [5.74, 6) is 1.66. The number of likely N-dealkylation sites (tertiary alicyclic amines) is 1. The van der Waals surface area contributed by atoms with Gasteiger partial charge in [-0.2, -0.15) is 0 Å². The van der Waals surface area contributed by atoms with Gasteiger partial charge in [0.05, 0.1) is 0 Å². The Labute approximate surface area is 118 Å². The number of aryl methyl sites for hydroxylation is 2. The molecule has 1 N–H and O–H groups in total. The fourth-order valence-corrected chi connectivity index (χ4v) is 3.22. The molecule has 1 aliphatic rings. The summed E-state index contributed by atoms with van der Waals surface area (Å²) in [7, 11) is 2.08. The lowest BCUT2D eigenvalue weighted by molar-refractivity contribution is 0.287. The Morgan fingerprint density at radius 3 is 2.37 bits per heavy atom. The van der Waals surface area contributed by atoms with Crippen molar-refractivity contribution in [1.29, 1.82) is 0 Å². The third-order valence-electron chi connectivity index (χ3n) is 4.65. The third kappa shape index (κ3) is 3.37. The molecule has 106 valence electrons. The van der Waals surface area contributed by atoms with Crippen LogP contribution in [-0.2, 0) is 0 Å². The molecule has 1 saturated heterocycles. The maximum atomic E-state index is 3.49. The van der Waals surface area contributed by atoms with Crippen molar-refractivity contribution in [3.63, 3.8) is 0 Å². The summed E-state index contributed by atoms with van der Waals surface area (Å²) in [6, 6.07) is 7.24. The summed E-state index contributed by atoms with van der Waals surface area (Å²) in [4.78, 5) is 2.61. The topological polar surface area (TPSA) is 15.3 Å². The van der Waals surface area contributed by atoms with Crippen LogP contribution in [-0.4, -0.2) is 31.6 Å². The zero-order chi connectivity index (χ0) is 14.0. The molecule has 0 bridgehead atoms. The second kappa shape index (κ2) is 6.06. The van der Waals surface area contributed by atoms with Crippen LogP contribution in [0.5, 0.6) is 0 Å². The second-order valence-corrected chi connectivity index (χ2v) is 6.37. The minimum atomic E-state index is 0.443. The predicted molar refractivity (Wildman–Crippen MR) is 82.5 cm³/mol. The van der Waals surface area contributed by atoms with Gasteiger partial charge in [-0.25, -0.2) is 0 Å². The van der Waals surface area contributed by atoms with Gasteiger partial charge >= 0.3 is 0 Å². The molecule has 19 heavy (non-hydrogen) atoms. The van der Waals surface area contributed by atoms with Gasteiger partial charge in [0, 0.05) is 25.7 Å². The Kier molecular flexibility index (Phi) is 4.64. The third-order valence-corrected chi connectivity index (χ3v) is 4.65. The summed E-state index contributed by atoms with van der Waals surface area (Å²) in [6.45, 7) is 12.7. The molecule has 0 spiro atoms. The zero-order valence-corrected chi connectivity index (χ0v) is 13.0. The van der Waals surface area contributed by atoms with Crippen molar-refractivity contribution in [3.8, 4) is 0 Å². The van der Waals surface area contributed by atoms with E-state index in [2.05, 4.69) is 63.2 Å². The predicted octanol–water partition coefficient (Wildman–Crippen LogP) is 3.15. The molecule has 2 nitrogen and oxygen atoms in total. The molecule has 1 aliphatic heterocycles. The number of benzene rings is 1. The van der Waals surface area contributed by atoms with E-state index in [4.69, 9.17) is 0 Å². The summed E-state index contributed by atoms with van der Waals surface area (Å²) < 4.78 is 0. The molecular formula is C17H28N2. The van der Waals surface area contributed by atoms with Crippen molar-refractivity contribution < 1.29 is 0 Å². The Morgan fingerprint density at radius 2 is 1.84 bits per heavy atom. The molecule has 2 heteroatoms. The fourth-order valence-electron chi connectivity index (χ4n) is 3.22. The lowest BCUT2D eigenvalue weighted by atomic mass is 9.99. The van der Waals surface area contributed by atoms with E-state index in [0.29, 0.717) is 6.04 Å². The summed E-state index contributed by atoms with van der Waals surface area (Å²) in [5, 5.41) is 3.49. The van der Waals surface area contributed by atoms with E-state index in [9.17, 15) is 0 Å². The highest BCUT2D eigenvalue weighted by molar-refractivity contribution is 5.33. The van der Waals surface area contributed by atoms with Gasteiger partial charge in [0.25, 0.3) is 0 Å². The van der Waals surface area contributed by atoms with Crippen LogP contribution in [0.1, 0.15) is 36.6 Å². The molecular weight excluding hydrogens is 232 g/mol. The maximum absolute atomic E-state index is 3.49. The van der Waals surface area contributed by atoms with Gasteiger partial charge in [-0.3, -0.25) is 0 Å².